The number of nitrogen functional groups attached to an aromatic ring is 1. The van der Waals surface area contributed by atoms with Crippen molar-refractivity contribution in [3.63, 3.8) is 0 Å². The number of hydrogen-bond donors (Lipinski definition) is 1. The van der Waals surface area contributed by atoms with Crippen LogP contribution in [-0.2, 0) is 0 Å². The van der Waals surface area contributed by atoms with Gasteiger partial charge in [0.1, 0.15) is 11.5 Å². The summed E-state index contributed by atoms with van der Waals surface area (Å²) in [6, 6.07) is 6.58. The second kappa shape index (κ2) is 4.88. The van der Waals surface area contributed by atoms with Gasteiger partial charge in [0.2, 0.25) is 5.88 Å². The number of aromatic nitrogens is 2. The van der Waals surface area contributed by atoms with E-state index in [-0.39, 0.29) is 0 Å². The average Bonchev–Trinajstić information content (AvgIpc) is 2.31. The standard InChI is InChI=1S/C11H10ClN3O2/c1-16-9-4-7(13)2-3-8(9)17-11-5-10(12)14-6-15-11/h2-6H,13H2,1H3. The van der Waals surface area contributed by atoms with Gasteiger partial charge in [0.15, 0.2) is 11.5 Å². The lowest BCUT2D eigenvalue weighted by molar-refractivity contribution is 0.374. The number of hydrogen-bond acceptors (Lipinski definition) is 5. The first-order valence-corrected chi connectivity index (χ1v) is 5.16. The van der Waals surface area contributed by atoms with Crippen LogP contribution < -0.4 is 15.2 Å². The van der Waals surface area contributed by atoms with Crippen LogP contribution in [0.25, 0.3) is 0 Å². The van der Waals surface area contributed by atoms with Gasteiger partial charge in [-0.2, -0.15) is 0 Å². The number of benzene rings is 1. The second-order valence-electron chi connectivity index (χ2n) is 3.19. The van der Waals surface area contributed by atoms with Gasteiger partial charge in [-0.15, -0.1) is 0 Å². The molecular weight excluding hydrogens is 242 g/mol. The summed E-state index contributed by atoms with van der Waals surface area (Å²) in [5, 5.41) is 0.310. The monoisotopic (exact) mass is 251 g/mol. The molecule has 0 saturated carbocycles. The number of ether oxygens (including phenoxy) is 2. The van der Waals surface area contributed by atoms with Gasteiger partial charge < -0.3 is 15.2 Å². The first-order valence-electron chi connectivity index (χ1n) is 4.78. The van der Waals surface area contributed by atoms with Crippen molar-refractivity contribution in [3.8, 4) is 17.4 Å². The lowest BCUT2D eigenvalue weighted by atomic mass is 10.3. The van der Waals surface area contributed by atoms with Crippen molar-refractivity contribution >= 4 is 17.3 Å². The number of nitrogens with zero attached hydrogens (tertiary/aromatic N) is 2. The minimum atomic E-state index is 0.310. The predicted octanol–water partition coefficient (Wildman–Crippen LogP) is 2.51. The van der Waals surface area contributed by atoms with Crippen LogP contribution in [0.3, 0.4) is 0 Å². The van der Waals surface area contributed by atoms with E-state index in [2.05, 4.69) is 9.97 Å². The van der Waals surface area contributed by atoms with Crippen LogP contribution in [0.5, 0.6) is 17.4 Å². The Bertz CT molecular complexity index is 534. The summed E-state index contributed by atoms with van der Waals surface area (Å²) >= 11 is 5.73. The predicted molar refractivity (Wildman–Crippen MR) is 64.5 cm³/mol. The zero-order valence-corrected chi connectivity index (χ0v) is 9.81. The van der Waals surface area contributed by atoms with E-state index in [4.69, 9.17) is 26.8 Å². The molecule has 1 aromatic heterocycles. The highest BCUT2D eigenvalue weighted by molar-refractivity contribution is 6.29. The quantitative estimate of drug-likeness (QED) is 0.670. The summed E-state index contributed by atoms with van der Waals surface area (Å²) in [6.45, 7) is 0. The largest absolute Gasteiger partial charge is 0.493 e. The van der Waals surface area contributed by atoms with E-state index in [9.17, 15) is 0 Å². The van der Waals surface area contributed by atoms with Crippen LogP contribution in [0.15, 0.2) is 30.6 Å². The van der Waals surface area contributed by atoms with Crippen LogP contribution in [0.2, 0.25) is 5.15 Å². The van der Waals surface area contributed by atoms with Crippen molar-refractivity contribution in [2.75, 3.05) is 12.8 Å². The summed E-state index contributed by atoms with van der Waals surface area (Å²) in [5.41, 5.74) is 6.23. The third kappa shape index (κ3) is 2.76. The maximum Gasteiger partial charge on any atom is 0.223 e. The van der Waals surface area contributed by atoms with Crippen LogP contribution in [0, 0.1) is 0 Å². The number of halogens is 1. The van der Waals surface area contributed by atoms with E-state index < -0.39 is 0 Å². The lowest BCUT2D eigenvalue weighted by Gasteiger charge is -2.09. The van der Waals surface area contributed by atoms with Gasteiger partial charge in [0.05, 0.1) is 7.11 Å². The van der Waals surface area contributed by atoms with Gasteiger partial charge in [-0.05, 0) is 12.1 Å². The maximum atomic E-state index is 5.73. The van der Waals surface area contributed by atoms with Crippen molar-refractivity contribution in [2.24, 2.45) is 0 Å². The van der Waals surface area contributed by atoms with Crippen LogP contribution >= 0.6 is 11.6 Å². The highest BCUT2D eigenvalue weighted by Crippen LogP contribution is 2.32. The lowest BCUT2D eigenvalue weighted by Crippen LogP contribution is -1.94. The van der Waals surface area contributed by atoms with E-state index in [1.165, 1.54) is 19.5 Å². The highest BCUT2D eigenvalue weighted by atomic mass is 35.5. The molecule has 0 aliphatic carbocycles. The molecule has 1 aromatic carbocycles. The van der Waals surface area contributed by atoms with Gasteiger partial charge in [-0.3, -0.25) is 0 Å². The Morgan fingerprint density at radius 3 is 2.71 bits per heavy atom. The van der Waals surface area contributed by atoms with Gasteiger partial charge in [-0.25, -0.2) is 9.97 Å². The molecule has 0 amide bonds. The summed E-state index contributed by atoms with van der Waals surface area (Å²) < 4.78 is 10.7. The Morgan fingerprint density at radius 2 is 2.00 bits per heavy atom. The molecule has 17 heavy (non-hydrogen) atoms. The molecule has 2 N–H and O–H groups in total. The minimum absolute atomic E-state index is 0.310. The van der Waals surface area contributed by atoms with E-state index >= 15 is 0 Å². The first-order chi connectivity index (χ1) is 8.19. The number of rotatable bonds is 3. The molecule has 88 valence electrons. The van der Waals surface area contributed by atoms with Gasteiger partial charge in [0.25, 0.3) is 0 Å². The van der Waals surface area contributed by atoms with E-state index in [0.717, 1.165) is 0 Å². The Hall–Kier alpha value is -2.01. The van der Waals surface area contributed by atoms with Crippen molar-refractivity contribution in [3.05, 3.63) is 35.7 Å². The third-order valence-electron chi connectivity index (χ3n) is 2.01. The Kier molecular flexibility index (Phi) is 3.30. The smallest absolute Gasteiger partial charge is 0.223 e. The van der Waals surface area contributed by atoms with Crippen molar-refractivity contribution in [2.45, 2.75) is 0 Å². The van der Waals surface area contributed by atoms with Gasteiger partial charge >= 0.3 is 0 Å². The summed E-state index contributed by atoms with van der Waals surface area (Å²) in [6.07, 6.45) is 1.32. The maximum absolute atomic E-state index is 5.73. The van der Waals surface area contributed by atoms with Gasteiger partial charge in [-0.1, -0.05) is 11.6 Å². The Balaban J connectivity index is 2.29. The zero-order valence-electron chi connectivity index (χ0n) is 9.05. The Labute approximate surface area is 103 Å². The minimum Gasteiger partial charge on any atom is -0.493 e. The normalized spacial score (nSPS) is 10.0. The molecule has 0 unspecified atom stereocenters. The number of nitrogens with two attached hydrogens (primary N) is 1. The molecule has 2 aromatic rings. The molecule has 0 aliphatic heterocycles. The molecule has 6 heteroatoms. The number of anilines is 1. The zero-order chi connectivity index (χ0) is 12.3. The summed E-state index contributed by atoms with van der Waals surface area (Å²) in [5.74, 6) is 1.38. The number of methoxy groups -OCH3 is 1. The molecule has 5 nitrogen and oxygen atoms in total. The molecule has 0 aliphatic rings. The fraction of sp³-hybridized carbons (Fsp3) is 0.0909. The summed E-state index contributed by atoms with van der Waals surface area (Å²) in [4.78, 5) is 7.69. The van der Waals surface area contributed by atoms with Crippen molar-refractivity contribution in [1.82, 2.24) is 9.97 Å². The molecule has 0 saturated heterocycles. The van der Waals surface area contributed by atoms with Crippen LogP contribution in [-0.4, -0.2) is 17.1 Å². The fourth-order valence-electron chi connectivity index (χ4n) is 1.25. The first kappa shape index (κ1) is 11.5. The molecule has 0 radical (unpaired) electrons. The molecule has 2 rings (SSSR count). The molecule has 0 spiro atoms. The Morgan fingerprint density at radius 1 is 1.18 bits per heavy atom. The van der Waals surface area contributed by atoms with E-state index in [0.29, 0.717) is 28.2 Å². The molecule has 0 atom stereocenters. The molecule has 0 bridgehead atoms. The SMILES string of the molecule is COc1cc(N)ccc1Oc1cc(Cl)ncn1. The van der Waals surface area contributed by atoms with E-state index in [1.54, 1.807) is 18.2 Å². The molecular formula is C11H10ClN3O2. The van der Waals surface area contributed by atoms with Gasteiger partial charge in [0, 0.05) is 17.8 Å². The fourth-order valence-corrected chi connectivity index (χ4v) is 1.39. The third-order valence-corrected chi connectivity index (χ3v) is 2.22. The van der Waals surface area contributed by atoms with E-state index in [1.807, 2.05) is 0 Å². The average molecular weight is 252 g/mol. The van der Waals surface area contributed by atoms with Crippen molar-refractivity contribution < 1.29 is 9.47 Å². The topological polar surface area (TPSA) is 70.3 Å². The van der Waals surface area contributed by atoms with Crippen molar-refractivity contribution in [1.29, 1.82) is 0 Å². The summed E-state index contributed by atoms with van der Waals surface area (Å²) in [7, 11) is 1.54. The second-order valence-corrected chi connectivity index (χ2v) is 3.58. The van der Waals surface area contributed by atoms with Crippen LogP contribution in [0.1, 0.15) is 0 Å². The highest BCUT2D eigenvalue weighted by Gasteiger charge is 2.07. The molecule has 1 heterocycles. The van der Waals surface area contributed by atoms with Crippen LogP contribution in [0.4, 0.5) is 5.69 Å². The molecule has 0 fully saturated rings.